The van der Waals surface area contributed by atoms with Gasteiger partial charge in [0.25, 0.3) is 0 Å². The second kappa shape index (κ2) is 5.58. The van der Waals surface area contributed by atoms with Crippen molar-refractivity contribution in [2.24, 2.45) is 5.73 Å². The van der Waals surface area contributed by atoms with Crippen molar-refractivity contribution in [2.75, 3.05) is 5.32 Å². The fourth-order valence-corrected chi connectivity index (χ4v) is 2.66. The number of primary amides is 1. The summed E-state index contributed by atoms with van der Waals surface area (Å²) in [6, 6.07) is 9.75. The lowest BCUT2D eigenvalue weighted by Crippen LogP contribution is -2.19. The quantitative estimate of drug-likeness (QED) is 0.502. The van der Waals surface area contributed by atoms with Crippen LogP contribution < -0.4 is 11.1 Å². The number of hydrogen-bond acceptors (Lipinski definition) is 4. The van der Waals surface area contributed by atoms with Gasteiger partial charge in [0.05, 0.1) is 10.3 Å². The second-order valence-electron chi connectivity index (χ2n) is 4.69. The molecule has 3 rings (SSSR count). The highest BCUT2D eigenvalue weighted by Gasteiger charge is 2.25. The van der Waals surface area contributed by atoms with Gasteiger partial charge in [-0.15, -0.1) is 0 Å². The van der Waals surface area contributed by atoms with Crippen LogP contribution in [0.5, 0.6) is 0 Å². The van der Waals surface area contributed by atoms with Gasteiger partial charge in [-0.25, -0.2) is 4.79 Å². The molecule has 3 aromatic rings. The molecule has 23 heavy (non-hydrogen) atoms. The first-order valence-electron chi connectivity index (χ1n) is 6.46. The van der Waals surface area contributed by atoms with Crippen molar-refractivity contribution in [3.05, 3.63) is 51.5 Å². The van der Waals surface area contributed by atoms with Gasteiger partial charge in [-0.3, -0.25) is 20.5 Å². The molecular formula is C14H10ClN5O3. The molecule has 0 unspecified atom stereocenters. The van der Waals surface area contributed by atoms with Crippen LogP contribution in [0.2, 0.25) is 5.02 Å². The lowest BCUT2D eigenvalue weighted by atomic mass is 10.0. The summed E-state index contributed by atoms with van der Waals surface area (Å²) in [5.41, 5.74) is 6.05. The lowest BCUT2D eigenvalue weighted by molar-refractivity contribution is -0.383. The number of fused-ring (bicyclic) bond motifs is 1. The average molecular weight is 332 g/mol. The minimum absolute atomic E-state index is 0.0111. The molecule has 8 nitrogen and oxygen atoms in total. The molecule has 0 fully saturated rings. The zero-order valence-corrected chi connectivity index (χ0v) is 12.3. The number of halogens is 1. The maximum atomic E-state index is 11.4. The van der Waals surface area contributed by atoms with Crippen LogP contribution in [0.4, 0.5) is 16.3 Å². The zero-order chi connectivity index (χ0) is 16.6. The van der Waals surface area contributed by atoms with Gasteiger partial charge >= 0.3 is 11.7 Å². The lowest BCUT2D eigenvalue weighted by Gasteiger charge is -2.07. The van der Waals surface area contributed by atoms with E-state index in [1.165, 1.54) is 0 Å². The van der Waals surface area contributed by atoms with Gasteiger partial charge in [-0.1, -0.05) is 41.9 Å². The second-order valence-corrected chi connectivity index (χ2v) is 5.07. The molecule has 0 saturated heterocycles. The van der Waals surface area contributed by atoms with Crippen LogP contribution >= 0.6 is 11.6 Å². The molecule has 0 saturated carbocycles. The Balaban J connectivity index is 2.35. The molecule has 0 aliphatic heterocycles. The maximum absolute atomic E-state index is 11.4. The normalized spacial score (nSPS) is 10.7. The number of carbonyl (C=O) groups excluding carboxylic acids is 1. The van der Waals surface area contributed by atoms with Gasteiger partial charge in [0.2, 0.25) is 0 Å². The number of aromatic amines is 1. The van der Waals surface area contributed by atoms with Gasteiger partial charge in [-0.05, 0) is 11.6 Å². The van der Waals surface area contributed by atoms with Crippen molar-refractivity contribution in [2.45, 2.75) is 0 Å². The summed E-state index contributed by atoms with van der Waals surface area (Å²) in [4.78, 5) is 21.9. The van der Waals surface area contributed by atoms with E-state index in [9.17, 15) is 14.9 Å². The average Bonchev–Trinajstić information content (AvgIpc) is 2.88. The number of carbonyl (C=O) groups is 1. The molecule has 0 aliphatic rings. The Bertz CT molecular complexity index is 923. The van der Waals surface area contributed by atoms with E-state index >= 15 is 0 Å². The Hall–Kier alpha value is -3.13. The molecular weight excluding hydrogens is 322 g/mol. The number of nitro benzene ring substituents is 1. The number of urea groups is 1. The molecule has 0 spiro atoms. The standard InChI is InChI=1S/C14H10ClN5O3/c15-10-8(7-4-2-1-3-5-7)6-9-11(12(10)20(22)23)18-19-13(9)17-14(16)21/h1-6H,(H4,16,17,18,19,21). The Morgan fingerprint density at radius 2 is 2.04 bits per heavy atom. The van der Waals surface area contributed by atoms with Gasteiger partial charge in [0.1, 0.15) is 10.5 Å². The zero-order valence-electron chi connectivity index (χ0n) is 11.5. The predicted octanol–water partition coefficient (Wildman–Crippen LogP) is 3.28. The summed E-state index contributed by atoms with van der Waals surface area (Å²) in [5, 5.41) is 20.4. The third-order valence-electron chi connectivity index (χ3n) is 3.28. The Labute approximate surface area is 134 Å². The fraction of sp³-hybridized carbons (Fsp3) is 0. The van der Waals surface area contributed by atoms with Gasteiger partial charge < -0.3 is 5.73 Å². The molecule has 4 N–H and O–H groups in total. The smallest absolute Gasteiger partial charge is 0.317 e. The maximum Gasteiger partial charge on any atom is 0.317 e. The largest absolute Gasteiger partial charge is 0.351 e. The van der Waals surface area contributed by atoms with E-state index in [0.717, 1.165) is 0 Å². The number of aromatic nitrogens is 2. The van der Waals surface area contributed by atoms with Gasteiger partial charge in [0, 0.05) is 5.56 Å². The molecule has 1 heterocycles. The summed E-state index contributed by atoms with van der Waals surface area (Å²) in [7, 11) is 0. The number of amides is 2. The Kier molecular flexibility index (Phi) is 3.59. The first kappa shape index (κ1) is 14.8. The molecule has 0 bridgehead atoms. The molecule has 2 aromatic carbocycles. The van der Waals surface area contributed by atoms with Crippen LogP contribution in [-0.4, -0.2) is 21.2 Å². The van der Waals surface area contributed by atoms with E-state index in [2.05, 4.69) is 15.5 Å². The first-order valence-corrected chi connectivity index (χ1v) is 6.83. The fourth-order valence-electron chi connectivity index (χ4n) is 2.33. The van der Waals surface area contributed by atoms with Crippen molar-refractivity contribution in [3.63, 3.8) is 0 Å². The van der Waals surface area contributed by atoms with Crippen LogP contribution in [0.1, 0.15) is 0 Å². The SMILES string of the molecule is NC(=O)Nc1n[nH]c2c([N+](=O)[O-])c(Cl)c(-c3ccccc3)cc12. The number of benzene rings is 2. The Morgan fingerprint density at radius 3 is 2.65 bits per heavy atom. The first-order chi connectivity index (χ1) is 11.0. The number of rotatable bonds is 3. The van der Waals surface area contributed by atoms with E-state index in [1.807, 2.05) is 6.07 Å². The molecule has 0 atom stereocenters. The van der Waals surface area contributed by atoms with Crippen molar-refractivity contribution < 1.29 is 9.72 Å². The van der Waals surface area contributed by atoms with Crippen molar-refractivity contribution in [3.8, 4) is 11.1 Å². The van der Waals surface area contributed by atoms with Crippen molar-refractivity contribution >= 4 is 40.0 Å². The van der Waals surface area contributed by atoms with Crippen LogP contribution in [0.15, 0.2) is 36.4 Å². The molecule has 2 amide bonds. The van der Waals surface area contributed by atoms with E-state index in [4.69, 9.17) is 17.3 Å². The third-order valence-corrected chi connectivity index (χ3v) is 3.67. The number of nitro groups is 1. The van der Waals surface area contributed by atoms with Crippen molar-refractivity contribution in [1.29, 1.82) is 0 Å². The minimum atomic E-state index is -0.822. The molecule has 0 aliphatic carbocycles. The number of nitrogens with one attached hydrogen (secondary N) is 2. The van der Waals surface area contributed by atoms with E-state index < -0.39 is 11.0 Å². The molecule has 1 aromatic heterocycles. The molecule has 0 radical (unpaired) electrons. The highest BCUT2D eigenvalue weighted by molar-refractivity contribution is 6.37. The highest BCUT2D eigenvalue weighted by atomic mass is 35.5. The van der Waals surface area contributed by atoms with Crippen LogP contribution in [0, 0.1) is 10.1 Å². The summed E-state index contributed by atoms with van der Waals surface area (Å²) in [5.74, 6) is 0.101. The number of nitrogens with two attached hydrogens (primary N) is 1. The van der Waals surface area contributed by atoms with Gasteiger partial charge in [-0.2, -0.15) is 5.10 Å². The summed E-state index contributed by atoms with van der Waals surface area (Å²) in [6.07, 6.45) is 0. The van der Waals surface area contributed by atoms with E-state index in [-0.39, 0.29) is 22.0 Å². The van der Waals surface area contributed by atoms with E-state index in [1.54, 1.807) is 30.3 Å². The molecule has 116 valence electrons. The van der Waals surface area contributed by atoms with Crippen LogP contribution in [-0.2, 0) is 0 Å². The van der Waals surface area contributed by atoms with Gasteiger partial charge in [0.15, 0.2) is 5.82 Å². The number of hydrogen-bond donors (Lipinski definition) is 3. The number of nitrogens with zero attached hydrogens (tertiary/aromatic N) is 2. The number of anilines is 1. The minimum Gasteiger partial charge on any atom is -0.351 e. The predicted molar refractivity (Wildman–Crippen MR) is 86.4 cm³/mol. The van der Waals surface area contributed by atoms with E-state index in [0.29, 0.717) is 16.5 Å². The van der Waals surface area contributed by atoms with Crippen LogP contribution in [0.25, 0.3) is 22.0 Å². The van der Waals surface area contributed by atoms with Crippen LogP contribution in [0.3, 0.4) is 0 Å². The summed E-state index contributed by atoms with van der Waals surface area (Å²) >= 11 is 6.23. The third kappa shape index (κ3) is 2.55. The highest BCUT2D eigenvalue weighted by Crippen LogP contribution is 2.42. The molecule has 9 heteroatoms. The Morgan fingerprint density at radius 1 is 1.35 bits per heavy atom. The monoisotopic (exact) mass is 331 g/mol. The number of H-pyrrole nitrogens is 1. The summed E-state index contributed by atoms with van der Waals surface area (Å²) in [6.45, 7) is 0. The topological polar surface area (TPSA) is 127 Å². The van der Waals surface area contributed by atoms with Crippen molar-refractivity contribution in [1.82, 2.24) is 10.2 Å². The summed E-state index contributed by atoms with van der Waals surface area (Å²) < 4.78 is 0.